The van der Waals surface area contributed by atoms with E-state index in [4.69, 9.17) is 5.11 Å². The van der Waals surface area contributed by atoms with Gasteiger partial charge in [-0.1, -0.05) is 0 Å². The Labute approximate surface area is 111 Å². The topological polar surface area (TPSA) is 42.2 Å². The third-order valence-electron chi connectivity index (χ3n) is 2.91. The molecule has 2 aromatic rings. The number of hydrogen-bond donors (Lipinski definition) is 1. The van der Waals surface area contributed by atoms with Gasteiger partial charge in [0, 0.05) is 12.6 Å². The fourth-order valence-electron chi connectivity index (χ4n) is 1.89. The number of aromatic carboxylic acids is 1. The second-order valence-electron chi connectivity index (χ2n) is 4.16. The van der Waals surface area contributed by atoms with Crippen molar-refractivity contribution >= 4 is 5.97 Å². The van der Waals surface area contributed by atoms with Crippen molar-refractivity contribution in [2.45, 2.75) is 6.18 Å². The van der Waals surface area contributed by atoms with Gasteiger partial charge in [-0.2, -0.15) is 13.2 Å². The van der Waals surface area contributed by atoms with Crippen molar-refractivity contribution in [3.63, 3.8) is 0 Å². The van der Waals surface area contributed by atoms with Crippen LogP contribution in [0.3, 0.4) is 0 Å². The highest BCUT2D eigenvalue weighted by Crippen LogP contribution is 2.33. The quantitative estimate of drug-likeness (QED) is 0.858. The predicted molar refractivity (Wildman–Crippen MR) is 62.8 cm³/mol. The number of alkyl halides is 3. The lowest BCUT2D eigenvalue weighted by Crippen LogP contribution is -2.08. The number of hydrogen-bond acceptors (Lipinski definition) is 1. The van der Waals surface area contributed by atoms with E-state index < -0.39 is 23.5 Å². The standard InChI is InChI=1S/C13H9F4NO2/c1-18-10(4-5-11(18)12(19)20)8-6-7(13(15,16)17)2-3-9(8)14/h2-6H,1H3,(H,19,20). The Morgan fingerprint density at radius 2 is 1.85 bits per heavy atom. The summed E-state index contributed by atoms with van der Waals surface area (Å²) in [6, 6.07) is 4.49. The molecule has 1 N–H and O–H groups in total. The van der Waals surface area contributed by atoms with Crippen LogP contribution in [-0.4, -0.2) is 15.6 Å². The summed E-state index contributed by atoms with van der Waals surface area (Å²) in [5, 5.41) is 8.88. The molecule has 0 radical (unpaired) electrons. The minimum Gasteiger partial charge on any atom is -0.477 e. The fourth-order valence-corrected chi connectivity index (χ4v) is 1.89. The number of nitrogens with zero attached hydrogens (tertiary/aromatic N) is 1. The van der Waals surface area contributed by atoms with Crippen LogP contribution in [0.15, 0.2) is 30.3 Å². The van der Waals surface area contributed by atoms with E-state index in [1.807, 2.05) is 0 Å². The Hall–Kier alpha value is -2.31. The average molecular weight is 287 g/mol. The van der Waals surface area contributed by atoms with Crippen LogP contribution < -0.4 is 0 Å². The minimum absolute atomic E-state index is 0.0611. The van der Waals surface area contributed by atoms with E-state index in [-0.39, 0.29) is 17.0 Å². The van der Waals surface area contributed by atoms with Crippen molar-refractivity contribution in [2.75, 3.05) is 0 Å². The van der Waals surface area contributed by atoms with E-state index in [9.17, 15) is 22.4 Å². The molecular formula is C13H9F4NO2. The normalized spacial score (nSPS) is 11.7. The van der Waals surface area contributed by atoms with Gasteiger partial charge in [-0.05, 0) is 30.3 Å². The molecule has 0 aliphatic rings. The van der Waals surface area contributed by atoms with Crippen molar-refractivity contribution in [3.8, 4) is 11.3 Å². The number of benzene rings is 1. The van der Waals surface area contributed by atoms with Crippen LogP contribution in [0.2, 0.25) is 0 Å². The summed E-state index contributed by atoms with van der Waals surface area (Å²) >= 11 is 0. The Morgan fingerprint density at radius 1 is 1.20 bits per heavy atom. The lowest BCUT2D eigenvalue weighted by atomic mass is 10.1. The minimum atomic E-state index is -4.59. The van der Waals surface area contributed by atoms with E-state index in [1.54, 1.807) is 0 Å². The van der Waals surface area contributed by atoms with Crippen LogP contribution in [0.4, 0.5) is 17.6 Å². The molecule has 0 spiro atoms. The number of aromatic nitrogens is 1. The number of rotatable bonds is 2. The van der Waals surface area contributed by atoms with Gasteiger partial charge in [0.05, 0.1) is 11.3 Å². The number of carboxylic acid groups (broad SMARTS) is 1. The smallest absolute Gasteiger partial charge is 0.416 e. The largest absolute Gasteiger partial charge is 0.477 e. The van der Waals surface area contributed by atoms with Crippen molar-refractivity contribution in [1.82, 2.24) is 4.57 Å². The Morgan fingerprint density at radius 3 is 2.35 bits per heavy atom. The fraction of sp³-hybridized carbons (Fsp3) is 0.154. The summed E-state index contributed by atoms with van der Waals surface area (Å²) in [5.41, 5.74) is -1.37. The molecule has 0 unspecified atom stereocenters. The molecular weight excluding hydrogens is 278 g/mol. The van der Waals surface area contributed by atoms with Gasteiger partial charge in [0.1, 0.15) is 11.5 Å². The van der Waals surface area contributed by atoms with Crippen LogP contribution in [-0.2, 0) is 13.2 Å². The van der Waals surface area contributed by atoms with Gasteiger partial charge in [-0.25, -0.2) is 9.18 Å². The van der Waals surface area contributed by atoms with Gasteiger partial charge in [0.25, 0.3) is 0 Å². The Bertz CT molecular complexity index is 673. The number of carbonyl (C=O) groups is 1. The first-order valence-electron chi connectivity index (χ1n) is 5.48. The van der Waals surface area contributed by atoms with E-state index >= 15 is 0 Å². The molecule has 0 bridgehead atoms. The van der Waals surface area contributed by atoms with Gasteiger partial charge in [0.2, 0.25) is 0 Å². The van der Waals surface area contributed by atoms with Crippen molar-refractivity contribution in [2.24, 2.45) is 7.05 Å². The molecule has 2 rings (SSSR count). The second kappa shape index (κ2) is 4.66. The zero-order valence-corrected chi connectivity index (χ0v) is 10.2. The van der Waals surface area contributed by atoms with Crippen LogP contribution in [0.5, 0.6) is 0 Å². The molecule has 0 atom stereocenters. The summed E-state index contributed by atoms with van der Waals surface area (Å²) in [6.45, 7) is 0. The average Bonchev–Trinajstić information content (AvgIpc) is 2.70. The zero-order chi connectivity index (χ0) is 15.1. The maximum Gasteiger partial charge on any atom is 0.416 e. The summed E-state index contributed by atoms with van der Waals surface area (Å²) in [7, 11) is 1.35. The van der Waals surface area contributed by atoms with Crippen molar-refractivity contribution in [3.05, 3.63) is 47.4 Å². The van der Waals surface area contributed by atoms with Crippen LogP contribution in [0, 0.1) is 5.82 Å². The molecule has 1 aromatic heterocycles. The van der Waals surface area contributed by atoms with Gasteiger partial charge in [-0.3, -0.25) is 0 Å². The summed E-state index contributed by atoms with van der Waals surface area (Å²) in [4.78, 5) is 10.9. The molecule has 1 heterocycles. The number of carboxylic acids is 1. The second-order valence-corrected chi connectivity index (χ2v) is 4.16. The zero-order valence-electron chi connectivity index (χ0n) is 10.2. The lowest BCUT2D eigenvalue weighted by Gasteiger charge is -2.11. The Balaban J connectivity index is 2.61. The van der Waals surface area contributed by atoms with Gasteiger partial charge >= 0.3 is 12.1 Å². The summed E-state index contributed by atoms with van der Waals surface area (Å²) in [6.07, 6.45) is -4.59. The third kappa shape index (κ3) is 2.38. The molecule has 0 fully saturated rings. The predicted octanol–water partition coefficient (Wildman–Crippen LogP) is 3.55. The molecule has 106 valence electrons. The van der Waals surface area contributed by atoms with Gasteiger partial charge in [-0.15, -0.1) is 0 Å². The van der Waals surface area contributed by atoms with Gasteiger partial charge < -0.3 is 9.67 Å². The molecule has 0 saturated carbocycles. The highest BCUT2D eigenvalue weighted by Gasteiger charge is 2.31. The first-order valence-corrected chi connectivity index (χ1v) is 5.48. The molecule has 1 aromatic carbocycles. The maximum absolute atomic E-state index is 13.7. The highest BCUT2D eigenvalue weighted by molar-refractivity contribution is 5.87. The SMILES string of the molecule is Cn1c(C(=O)O)ccc1-c1cc(C(F)(F)F)ccc1F. The van der Waals surface area contributed by atoms with E-state index in [2.05, 4.69) is 0 Å². The molecule has 7 heteroatoms. The first-order chi connectivity index (χ1) is 9.21. The van der Waals surface area contributed by atoms with Gasteiger partial charge in [0.15, 0.2) is 0 Å². The maximum atomic E-state index is 13.7. The molecule has 0 saturated heterocycles. The van der Waals surface area contributed by atoms with Crippen molar-refractivity contribution < 1.29 is 27.5 Å². The van der Waals surface area contributed by atoms with E-state index in [1.165, 1.54) is 19.2 Å². The van der Waals surface area contributed by atoms with Crippen molar-refractivity contribution in [1.29, 1.82) is 0 Å². The molecule has 0 aliphatic carbocycles. The molecule has 0 amide bonds. The Kier molecular flexibility index (Phi) is 3.29. The number of halogens is 4. The molecule has 0 aliphatic heterocycles. The summed E-state index contributed by atoms with van der Waals surface area (Å²) in [5.74, 6) is -2.10. The third-order valence-corrected chi connectivity index (χ3v) is 2.91. The molecule has 20 heavy (non-hydrogen) atoms. The van der Waals surface area contributed by atoms with Crippen LogP contribution in [0.25, 0.3) is 11.3 Å². The molecule has 3 nitrogen and oxygen atoms in total. The van der Waals surface area contributed by atoms with Crippen LogP contribution >= 0.6 is 0 Å². The van der Waals surface area contributed by atoms with E-state index in [0.717, 1.165) is 4.57 Å². The van der Waals surface area contributed by atoms with E-state index in [0.29, 0.717) is 18.2 Å². The monoisotopic (exact) mass is 287 g/mol. The highest BCUT2D eigenvalue weighted by atomic mass is 19.4. The first kappa shape index (κ1) is 14.1. The lowest BCUT2D eigenvalue weighted by molar-refractivity contribution is -0.137. The van der Waals surface area contributed by atoms with Crippen LogP contribution in [0.1, 0.15) is 16.1 Å². The summed E-state index contributed by atoms with van der Waals surface area (Å²) < 4.78 is 52.7.